The van der Waals surface area contributed by atoms with Crippen molar-refractivity contribution in [3.05, 3.63) is 11.9 Å². The van der Waals surface area contributed by atoms with E-state index in [-0.39, 0.29) is 18.6 Å². The molecule has 7 nitrogen and oxygen atoms in total. The maximum Gasteiger partial charge on any atom is 0.241 e. The lowest BCUT2D eigenvalue weighted by Gasteiger charge is -2.11. The molecule has 1 aromatic rings. The van der Waals surface area contributed by atoms with E-state index in [0.717, 1.165) is 6.42 Å². The number of aromatic nitrogens is 3. The molecule has 0 saturated heterocycles. The first-order valence-corrected chi connectivity index (χ1v) is 6.80. The lowest BCUT2D eigenvalue weighted by molar-refractivity contribution is -0.121. The molecule has 0 aliphatic carbocycles. The van der Waals surface area contributed by atoms with Crippen LogP contribution in [0.5, 0.6) is 0 Å². The Morgan fingerprint density at radius 3 is 2.80 bits per heavy atom. The molecule has 7 heteroatoms. The molecular formula is C13H24N4O3. The van der Waals surface area contributed by atoms with E-state index in [4.69, 9.17) is 4.74 Å². The fraction of sp³-hybridized carbons (Fsp3) is 0.769. The Labute approximate surface area is 119 Å². The number of nitrogens with one attached hydrogen (secondary N) is 1. The molecule has 1 amide bonds. The number of rotatable bonds is 8. The first kappa shape index (κ1) is 16.6. The lowest BCUT2D eigenvalue weighted by Crippen LogP contribution is -2.29. The van der Waals surface area contributed by atoms with Crippen LogP contribution in [0.15, 0.2) is 6.20 Å². The average molecular weight is 284 g/mol. The van der Waals surface area contributed by atoms with E-state index in [1.54, 1.807) is 20.0 Å². The lowest BCUT2D eigenvalue weighted by atomic mass is 10.1. The zero-order valence-electron chi connectivity index (χ0n) is 12.6. The van der Waals surface area contributed by atoms with Crippen molar-refractivity contribution in [2.45, 2.75) is 52.4 Å². The van der Waals surface area contributed by atoms with Crippen molar-refractivity contribution < 1.29 is 14.6 Å². The van der Waals surface area contributed by atoms with Gasteiger partial charge in [0, 0.05) is 13.2 Å². The third kappa shape index (κ3) is 6.12. The number of aliphatic hydroxyl groups is 1. The highest BCUT2D eigenvalue weighted by molar-refractivity contribution is 5.75. The molecule has 0 bridgehead atoms. The van der Waals surface area contributed by atoms with Crippen molar-refractivity contribution in [2.75, 3.05) is 13.2 Å². The predicted octanol–water partition coefficient (Wildman–Crippen LogP) is 0.437. The molecule has 0 fully saturated rings. The maximum absolute atomic E-state index is 11.7. The topological polar surface area (TPSA) is 89.3 Å². The standard InChI is InChI=1S/C13H24N4O3/c1-10(2)20-7-5-6-14-12(18)9-17-8-11(15-16-17)13(3,4)19/h8,10,19H,5-7,9H2,1-4H3,(H,14,18). The highest BCUT2D eigenvalue weighted by Gasteiger charge is 2.20. The van der Waals surface area contributed by atoms with Crippen LogP contribution < -0.4 is 5.32 Å². The molecular weight excluding hydrogens is 260 g/mol. The van der Waals surface area contributed by atoms with E-state index in [1.165, 1.54) is 4.68 Å². The summed E-state index contributed by atoms with van der Waals surface area (Å²) in [4.78, 5) is 11.7. The summed E-state index contributed by atoms with van der Waals surface area (Å²) >= 11 is 0. The van der Waals surface area contributed by atoms with Gasteiger partial charge in [-0.15, -0.1) is 5.10 Å². The molecule has 2 N–H and O–H groups in total. The van der Waals surface area contributed by atoms with E-state index < -0.39 is 5.60 Å². The van der Waals surface area contributed by atoms with Crippen LogP contribution in [0.4, 0.5) is 0 Å². The van der Waals surface area contributed by atoms with Crippen molar-refractivity contribution >= 4 is 5.91 Å². The molecule has 0 aliphatic rings. The number of amides is 1. The number of carbonyl (C=O) groups excluding carboxylic acids is 1. The monoisotopic (exact) mass is 284 g/mol. The molecule has 0 aromatic carbocycles. The van der Waals surface area contributed by atoms with Gasteiger partial charge in [0.15, 0.2) is 0 Å². The van der Waals surface area contributed by atoms with E-state index in [0.29, 0.717) is 18.8 Å². The Balaban J connectivity index is 2.27. The zero-order valence-corrected chi connectivity index (χ0v) is 12.6. The third-order valence-corrected chi connectivity index (χ3v) is 2.57. The summed E-state index contributed by atoms with van der Waals surface area (Å²) in [5.41, 5.74) is -0.612. The molecule has 0 unspecified atom stereocenters. The van der Waals surface area contributed by atoms with Crippen molar-refractivity contribution in [1.29, 1.82) is 0 Å². The largest absolute Gasteiger partial charge is 0.384 e. The summed E-state index contributed by atoms with van der Waals surface area (Å²) in [7, 11) is 0. The zero-order chi connectivity index (χ0) is 15.2. The van der Waals surface area contributed by atoms with Crippen molar-refractivity contribution in [3.63, 3.8) is 0 Å². The quantitative estimate of drug-likeness (QED) is 0.676. The van der Waals surface area contributed by atoms with Gasteiger partial charge >= 0.3 is 0 Å². The van der Waals surface area contributed by atoms with E-state index in [1.807, 2.05) is 13.8 Å². The van der Waals surface area contributed by atoms with Gasteiger partial charge in [0.1, 0.15) is 17.8 Å². The second kappa shape index (κ2) is 7.35. The summed E-state index contributed by atoms with van der Waals surface area (Å²) < 4.78 is 6.79. The maximum atomic E-state index is 11.7. The smallest absolute Gasteiger partial charge is 0.241 e. The van der Waals surface area contributed by atoms with Gasteiger partial charge in [0.2, 0.25) is 5.91 Å². The molecule has 0 radical (unpaired) electrons. The van der Waals surface area contributed by atoms with Crippen LogP contribution in [0.3, 0.4) is 0 Å². The molecule has 0 spiro atoms. The fourth-order valence-electron chi connectivity index (χ4n) is 1.48. The van der Waals surface area contributed by atoms with Crippen LogP contribution >= 0.6 is 0 Å². The molecule has 0 aliphatic heterocycles. The van der Waals surface area contributed by atoms with E-state index in [2.05, 4.69) is 15.6 Å². The Hall–Kier alpha value is -1.47. The minimum absolute atomic E-state index is 0.0914. The van der Waals surface area contributed by atoms with Gasteiger partial charge in [0.05, 0.1) is 12.3 Å². The Morgan fingerprint density at radius 1 is 1.55 bits per heavy atom. The van der Waals surface area contributed by atoms with Gasteiger partial charge in [-0.2, -0.15) is 0 Å². The second-order valence-corrected chi connectivity index (χ2v) is 5.48. The first-order chi connectivity index (χ1) is 9.29. The van der Waals surface area contributed by atoms with Crippen LogP contribution in [-0.2, 0) is 21.7 Å². The van der Waals surface area contributed by atoms with Gasteiger partial charge in [-0.05, 0) is 34.1 Å². The Bertz CT molecular complexity index is 423. The molecule has 1 heterocycles. The van der Waals surface area contributed by atoms with Gasteiger partial charge in [-0.25, -0.2) is 4.68 Å². The minimum atomic E-state index is -1.05. The minimum Gasteiger partial charge on any atom is -0.384 e. The number of hydrogen-bond acceptors (Lipinski definition) is 5. The van der Waals surface area contributed by atoms with Gasteiger partial charge in [-0.1, -0.05) is 5.21 Å². The fourth-order valence-corrected chi connectivity index (χ4v) is 1.48. The normalized spacial score (nSPS) is 11.9. The van der Waals surface area contributed by atoms with Gasteiger partial charge in [-0.3, -0.25) is 4.79 Å². The van der Waals surface area contributed by atoms with Crippen LogP contribution in [0.25, 0.3) is 0 Å². The van der Waals surface area contributed by atoms with E-state index in [9.17, 15) is 9.90 Å². The van der Waals surface area contributed by atoms with Crippen LogP contribution in [-0.4, -0.2) is 45.3 Å². The highest BCUT2D eigenvalue weighted by Crippen LogP contribution is 2.15. The molecule has 114 valence electrons. The average Bonchev–Trinajstić information content (AvgIpc) is 2.76. The summed E-state index contributed by atoms with van der Waals surface area (Å²) in [5.74, 6) is -0.137. The van der Waals surface area contributed by atoms with Gasteiger partial charge in [0.25, 0.3) is 0 Å². The van der Waals surface area contributed by atoms with Crippen molar-refractivity contribution in [3.8, 4) is 0 Å². The number of nitrogens with zero attached hydrogens (tertiary/aromatic N) is 3. The number of ether oxygens (including phenoxy) is 1. The van der Waals surface area contributed by atoms with Crippen LogP contribution in [0, 0.1) is 0 Å². The molecule has 20 heavy (non-hydrogen) atoms. The summed E-state index contributed by atoms with van der Waals surface area (Å²) in [6, 6.07) is 0. The van der Waals surface area contributed by atoms with Crippen LogP contribution in [0.2, 0.25) is 0 Å². The van der Waals surface area contributed by atoms with Crippen molar-refractivity contribution in [2.24, 2.45) is 0 Å². The second-order valence-electron chi connectivity index (χ2n) is 5.48. The van der Waals surface area contributed by atoms with Gasteiger partial charge < -0.3 is 15.2 Å². The first-order valence-electron chi connectivity index (χ1n) is 6.80. The van der Waals surface area contributed by atoms with E-state index >= 15 is 0 Å². The third-order valence-electron chi connectivity index (χ3n) is 2.57. The van der Waals surface area contributed by atoms with Crippen LogP contribution in [0.1, 0.15) is 39.8 Å². The Kier molecular flexibility index (Phi) is 6.09. The molecule has 0 saturated carbocycles. The molecule has 0 atom stereocenters. The highest BCUT2D eigenvalue weighted by atomic mass is 16.5. The SMILES string of the molecule is CC(C)OCCCNC(=O)Cn1cc(C(C)(C)O)nn1. The number of carbonyl (C=O) groups is 1. The predicted molar refractivity (Wildman–Crippen MR) is 74.0 cm³/mol. The molecule has 1 rings (SSSR count). The summed E-state index contributed by atoms with van der Waals surface area (Å²) in [6.07, 6.45) is 2.55. The number of hydrogen-bond donors (Lipinski definition) is 2. The Morgan fingerprint density at radius 2 is 2.25 bits per heavy atom. The van der Waals surface area contributed by atoms with Crippen molar-refractivity contribution in [1.82, 2.24) is 20.3 Å². The molecule has 1 aromatic heterocycles. The summed E-state index contributed by atoms with van der Waals surface area (Å²) in [6.45, 7) is 8.48. The summed E-state index contributed by atoms with van der Waals surface area (Å²) in [5, 5.41) is 20.2.